The molecular formula is C23H25N5O2S. The first-order valence-corrected chi connectivity index (χ1v) is 11.5. The minimum absolute atomic E-state index is 0.0339. The number of aromatic nitrogens is 3. The maximum atomic E-state index is 12.3. The van der Waals surface area contributed by atoms with Gasteiger partial charge in [-0.05, 0) is 49.5 Å². The highest BCUT2D eigenvalue weighted by atomic mass is 32.1. The average molecular weight is 436 g/mol. The molecule has 160 valence electrons. The summed E-state index contributed by atoms with van der Waals surface area (Å²) in [6, 6.07) is 12.0. The standard InChI is InChI=1S/C23H25N5O2S/c29-23-4-3-17-5-8-24-16-20(17)28(23)12-11-27-9-6-18(7-10-27)25-15-19-14-21(30-26-19)22-2-1-13-31-22/h1-5,8,13-14,16,18,25H,6-7,9-12,15H2. The topological polar surface area (TPSA) is 76.2 Å². The fraction of sp³-hybridized carbons (Fsp3) is 0.348. The Morgan fingerprint density at radius 1 is 1.16 bits per heavy atom. The van der Waals surface area contributed by atoms with Crippen LogP contribution in [-0.2, 0) is 13.1 Å². The van der Waals surface area contributed by atoms with Gasteiger partial charge in [0.15, 0.2) is 5.76 Å². The van der Waals surface area contributed by atoms with Gasteiger partial charge in [0.1, 0.15) is 0 Å². The summed E-state index contributed by atoms with van der Waals surface area (Å²) in [6.45, 7) is 4.32. The molecule has 4 aromatic rings. The van der Waals surface area contributed by atoms with Gasteiger partial charge in [-0.15, -0.1) is 11.3 Å². The first kappa shape index (κ1) is 20.1. The lowest BCUT2D eigenvalue weighted by molar-refractivity contribution is 0.191. The molecule has 5 heterocycles. The molecule has 1 saturated heterocycles. The van der Waals surface area contributed by atoms with Crippen LogP contribution in [0.3, 0.4) is 0 Å². The number of rotatable bonds is 7. The lowest BCUT2D eigenvalue weighted by Crippen LogP contribution is -2.43. The maximum Gasteiger partial charge on any atom is 0.251 e. The minimum atomic E-state index is 0.0339. The summed E-state index contributed by atoms with van der Waals surface area (Å²) in [6.07, 6.45) is 5.71. The Labute approximate surface area is 184 Å². The minimum Gasteiger partial charge on any atom is -0.355 e. The molecule has 4 aromatic heterocycles. The molecule has 0 aromatic carbocycles. The van der Waals surface area contributed by atoms with E-state index in [-0.39, 0.29) is 5.56 Å². The predicted octanol–water partition coefficient (Wildman–Crippen LogP) is 3.37. The zero-order chi connectivity index (χ0) is 21.0. The van der Waals surface area contributed by atoms with Gasteiger partial charge in [-0.25, -0.2) is 0 Å². The molecule has 0 radical (unpaired) electrons. The van der Waals surface area contributed by atoms with Gasteiger partial charge in [0.25, 0.3) is 5.56 Å². The first-order valence-electron chi connectivity index (χ1n) is 10.6. The van der Waals surface area contributed by atoms with Crippen molar-refractivity contribution in [3.05, 3.63) is 70.2 Å². The van der Waals surface area contributed by atoms with Gasteiger partial charge in [0.2, 0.25) is 0 Å². The summed E-state index contributed by atoms with van der Waals surface area (Å²) >= 11 is 1.66. The Kier molecular flexibility index (Phi) is 5.93. The van der Waals surface area contributed by atoms with Gasteiger partial charge in [0, 0.05) is 49.4 Å². The quantitative estimate of drug-likeness (QED) is 0.480. The third kappa shape index (κ3) is 4.61. The van der Waals surface area contributed by atoms with Gasteiger partial charge < -0.3 is 19.3 Å². The van der Waals surface area contributed by atoms with Gasteiger partial charge in [0.05, 0.1) is 22.3 Å². The molecule has 0 saturated carbocycles. The van der Waals surface area contributed by atoms with E-state index in [1.165, 1.54) is 0 Å². The van der Waals surface area contributed by atoms with Crippen LogP contribution in [0.1, 0.15) is 18.5 Å². The van der Waals surface area contributed by atoms with E-state index >= 15 is 0 Å². The van der Waals surface area contributed by atoms with Crippen LogP contribution in [0, 0.1) is 0 Å². The summed E-state index contributed by atoms with van der Waals surface area (Å²) in [5, 5.41) is 10.9. The first-order chi connectivity index (χ1) is 15.3. The van der Waals surface area contributed by atoms with Crippen molar-refractivity contribution in [3.8, 4) is 10.6 Å². The van der Waals surface area contributed by atoms with Crippen molar-refractivity contribution in [3.63, 3.8) is 0 Å². The molecule has 0 spiro atoms. The number of pyridine rings is 2. The van der Waals surface area contributed by atoms with E-state index in [0.717, 1.165) is 66.3 Å². The van der Waals surface area contributed by atoms with Crippen LogP contribution in [-0.4, -0.2) is 45.3 Å². The van der Waals surface area contributed by atoms with E-state index < -0.39 is 0 Å². The second kappa shape index (κ2) is 9.13. The molecule has 0 aliphatic carbocycles. The summed E-state index contributed by atoms with van der Waals surface area (Å²) in [5.74, 6) is 0.834. The lowest BCUT2D eigenvalue weighted by Gasteiger charge is -2.32. The molecule has 7 nitrogen and oxygen atoms in total. The van der Waals surface area contributed by atoms with Crippen molar-refractivity contribution < 1.29 is 4.52 Å². The van der Waals surface area contributed by atoms with Crippen molar-refractivity contribution in [1.29, 1.82) is 0 Å². The van der Waals surface area contributed by atoms with Crippen LogP contribution >= 0.6 is 11.3 Å². The Morgan fingerprint density at radius 3 is 2.90 bits per heavy atom. The molecular weight excluding hydrogens is 410 g/mol. The highest BCUT2D eigenvalue weighted by Gasteiger charge is 2.19. The number of nitrogens with zero attached hydrogens (tertiary/aromatic N) is 4. The second-order valence-corrected chi connectivity index (χ2v) is 8.86. The van der Waals surface area contributed by atoms with Crippen molar-refractivity contribution >= 4 is 22.2 Å². The highest BCUT2D eigenvalue weighted by Crippen LogP contribution is 2.25. The zero-order valence-electron chi connectivity index (χ0n) is 17.2. The van der Waals surface area contributed by atoms with Crippen LogP contribution in [0.25, 0.3) is 21.5 Å². The second-order valence-electron chi connectivity index (χ2n) is 7.91. The van der Waals surface area contributed by atoms with E-state index in [9.17, 15) is 4.79 Å². The zero-order valence-corrected chi connectivity index (χ0v) is 18.1. The molecule has 0 unspecified atom stereocenters. The molecule has 0 bridgehead atoms. The third-order valence-corrected chi connectivity index (χ3v) is 6.80. The third-order valence-electron chi connectivity index (χ3n) is 5.92. The molecule has 1 fully saturated rings. The van der Waals surface area contributed by atoms with Crippen molar-refractivity contribution in [2.24, 2.45) is 0 Å². The molecule has 1 N–H and O–H groups in total. The van der Waals surface area contributed by atoms with E-state index in [1.807, 2.05) is 40.3 Å². The summed E-state index contributed by atoms with van der Waals surface area (Å²) in [4.78, 5) is 20.1. The molecule has 1 aliphatic rings. The fourth-order valence-electron chi connectivity index (χ4n) is 4.14. The Bertz CT molecular complexity index is 1190. The van der Waals surface area contributed by atoms with Gasteiger partial charge in [-0.2, -0.15) is 0 Å². The van der Waals surface area contributed by atoms with Crippen molar-refractivity contribution in [1.82, 2.24) is 24.9 Å². The van der Waals surface area contributed by atoms with Gasteiger partial charge in [-0.1, -0.05) is 11.2 Å². The number of hydrogen-bond acceptors (Lipinski definition) is 7. The number of likely N-dealkylation sites (tertiary alicyclic amines) is 1. The predicted molar refractivity (Wildman–Crippen MR) is 122 cm³/mol. The Balaban J connectivity index is 1.11. The van der Waals surface area contributed by atoms with Crippen LogP contribution in [0.2, 0.25) is 0 Å². The van der Waals surface area contributed by atoms with Gasteiger partial charge in [-0.3, -0.25) is 9.78 Å². The molecule has 8 heteroatoms. The van der Waals surface area contributed by atoms with Crippen molar-refractivity contribution in [2.45, 2.75) is 32.0 Å². The van der Waals surface area contributed by atoms with Crippen LogP contribution in [0.4, 0.5) is 0 Å². The molecule has 1 aliphatic heterocycles. The largest absolute Gasteiger partial charge is 0.355 e. The number of fused-ring (bicyclic) bond motifs is 1. The SMILES string of the molecule is O=c1ccc2ccncc2n1CCN1CCC(NCc2cc(-c3cccs3)on2)CC1. The number of thiophene rings is 1. The maximum absolute atomic E-state index is 12.3. The van der Waals surface area contributed by atoms with E-state index in [2.05, 4.69) is 20.4 Å². The average Bonchev–Trinajstić information content (AvgIpc) is 3.50. The van der Waals surface area contributed by atoms with E-state index in [4.69, 9.17) is 4.52 Å². The number of piperidine rings is 1. The summed E-state index contributed by atoms with van der Waals surface area (Å²) in [5.41, 5.74) is 1.88. The molecule has 0 amide bonds. The number of hydrogen-bond donors (Lipinski definition) is 1. The van der Waals surface area contributed by atoms with Gasteiger partial charge >= 0.3 is 0 Å². The van der Waals surface area contributed by atoms with Crippen LogP contribution in [0.5, 0.6) is 0 Å². The summed E-state index contributed by atoms with van der Waals surface area (Å²) in [7, 11) is 0. The molecule has 5 rings (SSSR count). The normalized spacial score (nSPS) is 15.6. The molecule has 31 heavy (non-hydrogen) atoms. The van der Waals surface area contributed by atoms with Crippen LogP contribution < -0.4 is 10.9 Å². The Hall–Kier alpha value is -2.81. The fourth-order valence-corrected chi connectivity index (χ4v) is 4.82. The smallest absolute Gasteiger partial charge is 0.251 e. The van der Waals surface area contributed by atoms with Crippen LogP contribution in [0.15, 0.2) is 63.5 Å². The number of nitrogens with one attached hydrogen (secondary N) is 1. The van der Waals surface area contributed by atoms with Crippen molar-refractivity contribution in [2.75, 3.05) is 19.6 Å². The monoisotopic (exact) mass is 435 g/mol. The Morgan fingerprint density at radius 2 is 2.06 bits per heavy atom. The molecule has 0 atom stereocenters. The summed E-state index contributed by atoms with van der Waals surface area (Å²) < 4.78 is 7.30. The van der Waals surface area contributed by atoms with E-state index in [1.54, 1.807) is 29.8 Å². The van der Waals surface area contributed by atoms with E-state index in [0.29, 0.717) is 12.6 Å². The highest BCUT2D eigenvalue weighted by molar-refractivity contribution is 7.13. The lowest BCUT2D eigenvalue weighted by atomic mass is 10.0.